The van der Waals surface area contributed by atoms with Gasteiger partial charge in [-0.1, -0.05) is 42.5 Å². The number of carbonyl (C=O) groups excluding carboxylic acids is 1. The van der Waals surface area contributed by atoms with Crippen LogP contribution in [0.5, 0.6) is 5.75 Å². The summed E-state index contributed by atoms with van der Waals surface area (Å²) in [5.74, 6) is 0.209. The summed E-state index contributed by atoms with van der Waals surface area (Å²) in [6.07, 6.45) is 2.02. The third-order valence-electron chi connectivity index (χ3n) is 5.12. The molecule has 0 aliphatic rings. The van der Waals surface area contributed by atoms with Gasteiger partial charge in [0.25, 0.3) is 5.91 Å². The third kappa shape index (κ3) is 7.08. The first-order valence-corrected chi connectivity index (χ1v) is 13.2. The number of hydrogen-bond donors (Lipinski definition) is 2. The highest BCUT2D eigenvalue weighted by molar-refractivity contribution is 7.98. The van der Waals surface area contributed by atoms with Crippen LogP contribution in [0.15, 0.2) is 82.6 Å². The van der Waals surface area contributed by atoms with Crippen LogP contribution in [0.3, 0.4) is 0 Å². The van der Waals surface area contributed by atoms with E-state index in [4.69, 9.17) is 4.74 Å². The lowest BCUT2D eigenvalue weighted by molar-refractivity contribution is -0.123. The molecule has 1 atom stereocenters. The number of amides is 1. The molecule has 0 aliphatic carbocycles. The molecule has 0 heterocycles. The molecule has 3 rings (SSSR count). The highest BCUT2D eigenvalue weighted by atomic mass is 32.2. The quantitative estimate of drug-likeness (QED) is 0.415. The number of hydrogen-bond acceptors (Lipinski definition) is 5. The molecule has 8 heteroatoms. The zero-order valence-electron chi connectivity index (χ0n) is 18.9. The molecule has 2 N–H and O–H groups in total. The van der Waals surface area contributed by atoms with Crippen molar-refractivity contribution in [2.75, 3.05) is 12.9 Å². The lowest BCUT2D eigenvalue weighted by Gasteiger charge is -2.16. The maximum atomic E-state index is 12.6. The maximum absolute atomic E-state index is 12.6. The SMILES string of the molecule is CSc1ccc([C@@H](C)NC(=O)COc2ccc(S(=O)(=O)NCc3ccccc3)cc2C)cc1. The molecule has 3 aromatic rings. The Bertz CT molecular complexity index is 1180. The normalized spacial score (nSPS) is 12.2. The van der Waals surface area contributed by atoms with E-state index >= 15 is 0 Å². The first-order valence-electron chi connectivity index (χ1n) is 10.5. The number of benzene rings is 3. The van der Waals surface area contributed by atoms with E-state index < -0.39 is 10.0 Å². The summed E-state index contributed by atoms with van der Waals surface area (Å²) >= 11 is 1.67. The van der Waals surface area contributed by atoms with Gasteiger partial charge in [0.05, 0.1) is 10.9 Å². The molecule has 0 unspecified atom stereocenters. The lowest BCUT2D eigenvalue weighted by atomic mass is 10.1. The second kappa shape index (κ2) is 11.4. The molecule has 33 heavy (non-hydrogen) atoms. The van der Waals surface area contributed by atoms with Gasteiger partial charge in [-0.3, -0.25) is 4.79 Å². The summed E-state index contributed by atoms with van der Waals surface area (Å²) in [6, 6.07) is 21.8. The summed E-state index contributed by atoms with van der Waals surface area (Å²) in [4.78, 5) is 13.6. The van der Waals surface area contributed by atoms with Crippen LogP contribution < -0.4 is 14.8 Å². The zero-order chi connectivity index (χ0) is 23.8. The Morgan fingerprint density at radius 2 is 1.73 bits per heavy atom. The molecule has 0 radical (unpaired) electrons. The van der Waals surface area contributed by atoms with Crippen LogP contribution >= 0.6 is 11.8 Å². The molecule has 6 nitrogen and oxygen atoms in total. The number of thioether (sulfide) groups is 1. The standard InChI is InChI=1S/C25H28N2O4S2/c1-18-15-23(33(29,30)26-16-20-7-5-4-6-8-20)13-14-24(18)31-17-25(28)27-19(2)21-9-11-22(32-3)12-10-21/h4-15,19,26H,16-17H2,1-3H3,(H,27,28)/t19-/m1/s1. The molecule has 0 saturated carbocycles. The minimum Gasteiger partial charge on any atom is -0.484 e. The van der Waals surface area contributed by atoms with Crippen molar-refractivity contribution in [1.29, 1.82) is 0 Å². The van der Waals surface area contributed by atoms with Gasteiger partial charge in [-0.2, -0.15) is 0 Å². The summed E-state index contributed by atoms with van der Waals surface area (Å²) in [7, 11) is -3.67. The zero-order valence-corrected chi connectivity index (χ0v) is 20.5. The van der Waals surface area contributed by atoms with Crippen LogP contribution in [0.25, 0.3) is 0 Å². The summed E-state index contributed by atoms with van der Waals surface area (Å²) in [6.45, 7) is 3.71. The fourth-order valence-electron chi connectivity index (χ4n) is 3.21. The summed E-state index contributed by atoms with van der Waals surface area (Å²) < 4.78 is 33.5. The van der Waals surface area contributed by atoms with Crippen molar-refractivity contribution in [1.82, 2.24) is 10.0 Å². The van der Waals surface area contributed by atoms with E-state index in [0.717, 1.165) is 16.0 Å². The highest BCUT2D eigenvalue weighted by Crippen LogP contribution is 2.22. The van der Waals surface area contributed by atoms with Gasteiger partial charge in [-0.05, 0) is 67.1 Å². The Morgan fingerprint density at radius 1 is 1.03 bits per heavy atom. The predicted molar refractivity (Wildman–Crippen MR) is 132 cm³/mol. The van der Waals surface area contributed by atoms with E-state index in [1.807, 2.05) is 67.8 Å². The van der Waals surface area contributed by atoms with Crippen molar-refractivity contribution in [3.8, 4) is 5.75 Å². The number of ether oxygens (including phenoxy) is 1. The van der Waals surface area contributed by atoms with Gasteiger partial charge >= 0.3 is 0 Å². The average molecular weight is 485 g/mol. The fourth-order valence-corrected chi connectivity index (χ4v) is 4.72. The molecule has 0 saturated heterocycles. The molecule has 0 spiro atoms. The van der Waals surface area contributed by atoms with Crippen molar-refractivity contribution in [3.63, 3.8) is 0 Å². The van der Waals surface area contributed by atoms with Crippen LogP contribution in [0, 0.1) is 6.92 Å². The number of aryl methyl sites for hydroxylation is 1. The number of nitrogens with one attached hydrogen (secondary N) is 2. The Labute approximate surface area is 199 Å². The monoisotopic (exact) mass is 484 g/mol. The average Bonchev–Trinajstić information content (AvgIpc) is 2.82. The smallest absolute Gasteiger partial charge is 0.258 e. The van der Waals surface area contributed by atoms with Gasteiger partial charge in [0, 0.05) is 11.4 Å². The van der Waals surface area contributed by atoms with Crippen molar-refractivity contribution in [2.24, 2.45) is 0 Å². The van der Waals surface area contributed by atoms with Crippen molar-refractivity contribution < 1.29 is 17.9 Å². The van der Waals surface area contributed by atoms with Gasteiger partial charge < -0.3 is 10.1 Å². The molecule has 0 aromatic heterocycles. The molecular formula is C25H28N2O4S2. The second-order valence-electron chi connectivity index (χ2n) is 7.59. The van der Waals surface area contributed by atoms with E-state index in [2.05, 4.69) is 10.0 Å². The van der Waals surface area contributed by atoms with Crippen molar-refractivity contribution in [2.45, 2.75) is 36.2 Å². The summed E-state index contributed by atoms with van der Waals surface area (Å²) in [5.41, 5.74) is 2.51. The van der Waals surface area contributed by atoms with E-state index in [0.29, 0.717) is 11.3 Å². The first-order chi connectivity index (χ1) is 15.8. The number of carbonyl (C=O) groups is 1. The number of sulfonamides is 1. The fraction of sp³-hybridized carbons (Fsp3) is 0.240. The first kappa shape index (κ1) is 24.8. The van der Waals surface area contributed by atoms with Gasteiger partial charge in [0.15, 0.2) is 6.61 Å². The largest absolute Gasteiger partial charge is 0.484 e. The van der Waals surface area contributed by atoms with E-state index in [9.17, 15) is 13.2 Å². The Kier molecular flexibility index (Phi) is 8.55. The van der Waals surface area contributed by atoms with Crippen LogP contribution in [0.4, 0.5) is 0 Å². The molecule has 174 valence electrons. The molecule has 0 fully saturated rings. The highest BCUT2D eigenvalue weighted by Gasteiger charge is 2.16. The van der Waals surface area contributed by atoms with Gasteiger partial charge in [0.1, 0.15) is 5.75 Å². The Morgan fingerprint density at radius 3 is 2.36 bits per heavy atom. The lowest BCUT2D eigenvalue weighted by Crippen LogP contribution is -2.31. The van der Waals surface area contributed by atoms with Crippen LogP contribution in [-0.4, -0.2) is 27.2 Å². The minimum absolute atomic E-state index is 0.148. The Balaban J connectivity index is 1.55. The van der Waals surface area contributed by atoms with Gasteiger partial charge in [0.2, 0.25) is 10.0 Å². The molecule has 0 bridgehead atoms. The molecule has 3 aromatic carbocycles. The summed E-state index contributed by atoms with van der Waals surface area (Å²) in [5, 5.41) is 2.91. The van der Waals surface area contributed by atoms with E-state index in [-0.39, 0.29) is 30.0 Å². The van der Waals surface area contributed by atoms with Crippen LogP contribution in [0.1, 0.15) is 29.7 Å². The Hall–Kier alpha value is -2.81. The number of rotatable bonds is 10. The van der Waals surface area contributed by atoms with Gasteiger partial charge in [-0.25, -0.2) is 13.1 Å². The van der Waals surface area contributed by atoms with Gasteiger partial charge in [-0.15, -0.1) is 11.8 Å². The maximum Gasteiger partial charge on any atom is 0.258 e. The second-order valence-corrected chi connectivity index (χ2v) is 10.2. The third-order valence-corrected chi connectivity index (χ3v) is 7.26. The molecule has 1 amide bonds. The molecular weight excluding hydrogens is 456 g/mol. The van der Waals surface area contributed by atoms with Crippen molar-refractivity contribution >= 4 is 27.7 Å². The molecule has 0 aliphatic heterocycles. The topological polar surface area (TPSA) is 84.5 Å². The van der Waals surface area contributed by atoms with E-state index in [1.165, 1.54) is 12.1 Å². The van der Waals surface area contributed by atoms with Crippen LogP contribution in [0.2, 0.25) is 0 Å². The van der Waals surface area contributed by atoms with Crippen LogP contribution in [-0.2, 0) is 21.4 Å². The van der Waals surface area contributed by atoms with E-state index in [1.54, 1.807) is 24.8 Å². The predicted octanol–water partition coefficient (Wildman–Crippen LogP) is 4.45. The van der Waals surface area contributed by atoms with Crippen molar-refractivity contribution in [3.05, 3.63) is 89.5 Å². The minimum atomic E-state index is -3.67.